The van der Waals surface area contributed by atoms with Crippen LogP contribution in [0, 0.1) is 0 Å². The fraction of sp³-hybridized carbons (Fsp3) is 0.273. The molecule has 1 aliphatic heterocycles. The number of nitrogens with one attached hydrogen (secondary N) is 1. The van der Waals surface area contributed by atoms with Crippen LogP contribution in [0.1, 0.15) is 42.1 Å². The van der Waals surface area contributed by atoms with E-state index in [9.17, 15) is 9.59 Å². The number of hydrogen-bond acceptors (Lipinski definition) is 3. The first kappa shape index (κ1) is 27.5. The second-order valence-electron chi connectivity index (χ2n) is 10.3. The third-order valence-electron chi connectivity index (χ3n) is 7.45. The molecular weight excluding hydrogens is 495 g/mol. The summed E-state index contributed by atoms with van der Waals surface area (Å²) in [5.74, 6) is -0.0291. The number of carbonyl (C=O) groups excluding carboxylic acids is 2. The largest absolute Gasteiger partial charge is 0.350 e. The third kappa shape index (κ3) is 6.21. The highest BCUT2D eigenvalue weighted by molar-refractivity contribution is 6.05. The summed E-state index contributed by atoms with van der Waals surface area (Å²) >= 11 is 0. The van der Waals surface area contributed by atoms with E-state index in [2.05, 4.69) is 24.4 Å². The highest BCUT2D eigenvalue weighted by Crippen LogP contribution is 2.33. The maximum absolute atomic E-state index is 14.3. The molecule has 6 nitrogen and oxygen atoms in total. The molecule has 0 saturated carbocycles. The van der Waals surface area contributed by atoms with E-state index < -0.39 is 0 Å². The van der Waals surface area contributed by atoms with Crippen molar-refractivity contribution < 1.29 is 9.59 Å². The van der Waals surface area contributed by atoms with E-state index in [1.54, 1.807) is 4.81 Å². The first-order valence-corrected chi connectivity index (χ1v) is 14.1. The molecule has 1 atom stereocenters. The van der Waals surface area contributed by atoms with Crippen LogP contribution >= 0.6 is 0 Å². The summed E-state index contributed by atoms with van der Waals surface area (Å²) in [5.41, 5.74) is 5.07. The van der Waals surface area contributed by atoms with E-state index in [1.165, 1.54) is 5.56 Å². The SMILES string of the molecule is [B]N1CCN(C(=O)c2ccn(-c3ccccc3NC(=O)CCCC)c2-c2ccccc2)C(Cc2ccccc2)C1. The first-order valence-electron chi connectivity index (χ1n) is 14.1. The van der Waals surface area contributed by atoms with Crippen molar-refractivity contribution in [3.8, 4) is 16.9 Å². The van der Waals surface area contributed by atoms with Gasteiger partial charge < -0.3 is 19.6 Å². The molecule has 4 aromatic rings. The van der Waals surface area contributed by atoms with Crippen LogP contribution in [0.4, 0.5) is 5.69 Å². The zero-order valence-corrected chi connectivity index (χ0v) is 23.0. The van der Waals surface area contributed by atoms with Crippen molar-refractivity contribution in [2.75, 3.05) is 25.0 Å². The minimum Gasteiger partial charge on any atom is -0.350 e. The topological polar surface area (TPSA) is 57.6 Å². The van der Waals surface area contributed by atoms with Gasteiger partial charge in [-0.3, -0.25) is 9.59 Å². The number of benzene rings is 3. The van der Waals surface area contributed by atoms with Crippen LogP contribution < -0.4 is 5.32 Å². The predicted octanol–water partition coefficient (Wildman–Crippen LogP) is 5.73. The van der Waals surface area contributed by atoms with Crippen LogP contribution in [0.3, 0.4) is 0 Å². The van der Waals surface area contributed by atoms with Crippen molar-refractivity contribution in [2.24, 2.45) is 0 Å². The van der Waals surface area contributed by atoms with E-state index in [4.69, 9.17) is 7.98 Å². The van der Waals surface area contributed by atoms with Crippen molar-refractivity contribution in [3.05, 3.63) is 108 Å². The number of nitrogens with zero attached hydrogens (tertiary/aromatic N) is 3. The molecule has 1 fully saturated rings. The molecule has 202 valence electrons. The molecule has 1 saturated heterocycles. The van der Waals surface area contributed by atoms with Crippen LogP contribution in [0.15, 0.2) is 97.2 Å². The zero-order chi connectivity index (χ0) is 27.9. The molecule has 1 unspecified atom stereocenters. The maximum Gasteiger partial charge on any atom is 0.256 e. The van der Waals surface area contributed by atoms with Crippen molar-refractivity contribution in [1.82, 2.24) is 14.3 Å². The Hall–Kier alpha value is -4.10. The van der Waals surface area contributed by atoms with Crippen molar-refractivity contribution in [3.63, 3.8) is 0 Å². The lowest BCUT2D eigenvalue weighted by Crippen LogP contribution is -2.55. The molecule has 0 bridgehead atoms. The molecular formula is C33H35BN4O2. The number of unbranched alkanes of at least 4 members (excludes halogenated alkanes) is 1. The summed E-state index contributed by atoms with van der Waals surface area (Å²) in [6.07, 6.45) is 4.93. The second kappa shape index (κ2) is 12.8. The summed E-state index contributed by atoms with van der Waals surface area (Å²) in [6.45, 7) is 3.85. The number of piperazine rings is 1. The lowest BCUT2D eigenvalue weighted by Gasteiger charge is -2.40. The van der Waals surface area contributed by atoms with E-state index in [1.807, 2.05) is 94.5 Å². The van der Waals surface area contributed by atoms with Gasteiger partial charge in [-0.1, -0.05) is 86.1 Å². The summed E-state index contributed by atoms with van der Waals surface area (Å²) in [7, 11) is 6.22. The highest BCUT2D eigenvalue weighted by atomic mass is 16.2. The summed E-state index contributed by atoms with van der Waals surface area (Å²) < 4.78 is 2.02. The first-order chi connectivity index (χ1) is 19.5. The number of rotatable bonds is 9. The van der Waals surface area contributed by atoms with Crippen molar-refractivity contribution in [2.45, 2.75) is 38.6 Å². The average Bonchev–Trinajstić information content (AvgIpc) is 3.42. The Labute approximate surface area is 238 Å². The standard InChI is InChI=1S/C33H35BN4O2/c1-2-3-18-31(39)35-29-16-10-11-17-30(29)38-20-19-28(32(38)26-14-8-5-9-15-26)33(40)37-22-21-36(34)24-27(37)23-25-12-6-4-7-13-25/h4-17,19-20,27H,2-3,18,21-24H2,1H3,(H,35,39). The Bertz CT molecular complexity index is 1440. The fourth-order valence-electron chi connectivity index (χ4n) is 5.40. The van der Waals surface area contributed by atoms with E-state index in [-0.39, 0.29) is 17.9 Å². The number of anilines is 1. The van der Waals surface area contributed by atoms with E-state index >= 15 is 0 Å². The second-order valence-corrected chi connectivity index (χ2v) is 10.3. The van der Waals surface area contributed by atoms with Crippen molar-refractivity contribution >= 4 is 25.5 Å². The number of hydrogen-bond donors (Lipinski definition) is 1. The Balaban J connectivity index is 1.53. The molecule has 1 N–H and O–H groups in total. The Morgan fingerprint density at radius 2 is 1.60 bits per heavy atom. The molecule has 7 heteroatoms. The van der Waals surface area contributed by atoms with Gasteiger partial charge in [0.1, 0.15) is 0 Å². The van der Waals surface area contributed by atoms with Crippen molar-refractivity contribution in [1.29, 1.82) is 0 Å². The monoisotopic (exact) mass is 530 g/mol. The molecule has 3 aromatic carbocycles. The van der Waals surface area contributed by atoms with Gasteiger partial charge in [0.2, 0.25) is 5.91 Å². The minimum absolute atomic E-state index is 0.0116. The number of carbonyl (C=O) groups is 2. The van der Waals surface area contributed by atoms with Crippen LogP contribution in [0.25, 0.3) is 16.9 Å². The zero-order valence-electron chi connectivity index (χ0n) is 23.0. The molecule has 2 amide bonds. The number of para-hydroxylation sites is 2. The Morgan fingerprint density at radius 3 is 2.35 bits per heavy atom. The molecule has 2 radical (unpaired) electrons. The van der Waals surface area contributed by atoms with Gasteiger partial charge >= 0.3 is 0 Å². The smallest absolute Gasteiger partial charge is 0.256 e. The van der Waals surface area contributed by atoms with Gasteiger partial charge in [-0.15, -0.1) is 0 Å². The highest BCUT2D eigenvalue weighted by Gasteiger charge is 2.32. The normalized spacial score (nSPS) is 15.6. The number of aromatic nitrogens is 1. The maximum atomic E-state index is 14.3. The van der Waals surface area contributed by atoms with E-state index in [0.717, 1.165) is 36.2 Å². The van der Waals surface area contributed by atoms with Crippen LogP contribution in [-0.2, 0) is 11.2 Å². The molecule has 1 aromatic heterocycles. The van der Waals surface area contributed by atoms with Gasteiger partial charge in [0, 0.05) is 38.3 Å². The van der Waals surface area contributed by atoms with Gasteiger partial charge in [-0.25, -0.2) is 0 Å². The lowest BCUT2D eigenvalue weighted by atomic mass is 9.98. The number of amides is 2. The van der Waals surface area contributed by atoms with Gasteiger partial charge in [-0.2, -0.15) is 0 Å². The minimum atomic E-state index is -0.0502. The van der Waals surface area contributed by atoms with Crippen LogP contribution in [0.2, 0.25) is 0 Å². The molecule has 2 heterocycles. The summed E-state index contributed by atoms with van der Waals surface area (Å²) in [5, 5.41) is 3.09. The van der Waals surface area contributed by atoms with Crippen LogP contribution in [0.5, 0.6) is 0 Å². The lowest BCUT2D eigenvalue weighted by molar-refractivity contribution is -0.116. The van der Waals surface area contributed by atoms with Gasteiger partial charge in [0.15, 0.2) is 7.98 Å². The molecule has 5 rings (SSSR count). The van der Waals surface area contributed by atoms with Gasteiger partial charge in [-0.05, 0) is 42.2 Å². The fourth-order valence-corrected chi connectivity index (χ4v) is 5.40. The molecule has 1 aliphatic rings. The van der Waals surface area contributed by atoms with Gasteiger partial charge in [0.25, 0.3) is 5.91 Å². The third-order valence-corrected chi connectivity index (χ3v) is 7.45. The Kier molecular flexibility index (Phi) is 8.82. The van der Waals surface area contributed by atoms with E-state index in [0.29, 0.717) is 37.3 Å². The Morgan fingerprint density at radius 1 is 0.900 bits per heavy atom. The van der Waals surface area contributed by atoms with Crippen LogP contribution in [-0.4, -0.2) is 59.7 Å². The predicted molar refractivity (Wildman–Crippen MR) is 162 cm³/mol. The molecule has 0 spiro atoms. The summed E-state index contributed by atoms with van der Waals surface area (Å²) in [6, 6.07) is 29.8. The molecule has 40 heavy (non-hydrogen) atoms. The quantitative estimate of drug-likeness (QED) is 0.282. The molecule has 0 aliphatic carbocycles. The van der Waals surface area contributed by atoms with Gasteiger partial charge in [0.05, 0.1) is 22.6 Å². The average molecular weight is 530 g/mol. The summed E-state index contributed by atoms with van der Waals surface area (Å²) in [4.78, 5) is 30.7.